The van der Waals surface area contributed by atoms with Crippen LogP contribution in [0.5, 0.6) is 0 Å². The van der Waals surface area contributed by atoms with Gasteiger partial charge in [-0.05, 0) is 55.3 Å². The van der Waals surface area contributed by atoms with Crippen LogP contribution >= 0.6 is 27.5 Å². The molecule has 5 nitrogen and oxygen atoms in total. The number of nitrogens with one attached hydrogen (secondary N) is 1. The van der Waals surface area contributed by atoms with Crippen molar-refractivity contribution in [3.05, 3.63) is 70.2 Å². The molecule has 0 bridgehead atoms. The second-order valence-corrected chi connectivity index (χ2v) is 8.42. The molecule has 0 saturated carbocycles. The van der Waals surface area contributed by atoms with E-state index in [1.165, 1.54) is 0 Å². The third-order valence-corrected chi connectivity index (χ3v) is 5.74. The molecule has 29 heavy (non-hydrogen) atoms. The van der Waals surface area contributed by atoms with Gasteiger partial charge in [-0.25, -0.2) is 0 Å². The van der Waals surface area contributed by atoms with Crippen LogP contribution in [0.2, 0.25) is 5.02 Å². The highest BCUT2D eigenvalue weighted by molar-refractivity contribution is 9.10. The summed E-state index contributed by atoms with van der Waals surface area (Å²) in [4.78, 5) is 14.9. The maximum absolute atomic E-state index is 12.7. The van der Waals surface area contributed by atoms with E-state index in [0.29, 0.717) is 11.6 Å². The van der Waals surface area contributed by atoms with Crippen LogP contribution < -0.4 is 10.2 Å². The molecule has 1 atom stereocenters. The Balaban J connectivity index is 1.42. The topological polar surface area (TPSA) is 58.1 Å². The lowest BCUT2D eigenvalue weighted by molar-refractivity contribution is -0.120. The molecule has 1 unspecified atom stereocenters. The Hall–Kier alpha value is -2.44. The van der Waals surface area contributed by atoms with Crippen LogP contribution in [0.4, 0.5) is 11.5 Å². The number of rotatable bonds is 4. The zero-order chi connectivity index (χ0) is 20.2. The van der Waals surface area contributed by atoms with Crippen LogP contribution in [0.25, 0.3) is 11.3 Å². The van der Waals surface area contributed by atoms with E-state index in [1.54, 1.807) is 0 Å². The van der Waals surface area contributed by atoms with Crippen LogP contribution in [0, 0.1) is 5.92 Å². The van der Waals surface area contributed by atoms with E-state index in [9.17, 15) is 4.79 Å². The van der Waals surface area contributed by atoms with E-state index < -0.39 is 0 Å². The zero-order valence-corrected chi connectivity index (χ0v) is 18.0. The number of aromatic nitrogens is 2. The van der Waals surface area contributed by atoms with Crippen LogP contribution in [0.1, 0.15) is 12.8 Å². The van der Waals surface area contributed by atoms with Crippen molar-refractivity contribution in [1.82, 2.24) is 10.2 Å². The van der Waals surface area contributed by atoms with Crippen molar-refractivity contribution < 1.29 is 4.79 Å². The van der Waals surface area contributed by atoms with E-state index in [4.69, 9.17) is 11.6 Å². The highest BCUT2D eigenvalue weighted by atomic mass is 79.9. The summed E-state index contributed by atoms with van der Waals surface area (Å²) in [6, 6.07) is 19.1. The molecular formula is C22H20BrClN4O. The molecule has 0 radical (unpaired) electrons. The Morgan fingerprint density at radius 1 is 1.10 bits per heavy atom. The van der Waals surface area contributed by atoms with Gasteiger partial charge in [0.2, 0.25) is 5.91 Å². The molecule has 3 aromatic rings. The normalized spacial score (nSPS) is 16.5. The number of amides is 1. The lowest BCUT2D eigenvalue weighted by atomic mass is 9.97. The van der Waals surface area contributed by atoms with E-state index in [2.05, 4.69) is 36.3 Å². The Kier molecular flexibility index (Phi) is 6.11. The molecule has 1 amide bonds. The van der Waals surface area contributed by atoms with E-state index in [0.717, 1.165) is 46.6 Å². The summed E-state index contributed by atoms with van der Waals surface area (Å²) in [5.74, 6) is 0.752. The second-order valence-electron chi connectivity index (χ2n) is 7.07. The first-order chi connectivity index (χ1) is 14.1. The van der Waals surface area contributed by atoms with Crippen molar-refractivity contribution in [2.24, 2.45) is 5.92 Å². The monoisotopic (exact) mass is 470 g/mol. The first-order valence-electron chi connectivity index (χ1n) is 9.49. The minimum atomic E-state index is -0.0829. The summed E-state index contributed by atoms with van der Waals surface area (Å²) in [6.07, 6.45) is 1.81. The minimum absolute atomic E-state index is 0.0403. The molecule has 2 heterocycles. The molecule has 1 saturated heterocycles. The summed E-state index contributed by atoms with van der Waals surface area (Å²) < 4.78 is 0.941. The van der Waals surface area contributed by atoms with Crippen molar-refractivity contribution in [1.29, 1.82) is 0 Å². The maximum Gasteiger partial charge on any atom is 0.229 e. The average molecular weight is 472 g/mol. The summed E-state index contributed by atoms with van der Waals surface area (Å²) in [7, 11) is 0. The summed E-state index contributed by atoms with van der Waals surface area (Å²) in [5.41, 5.74) is 2.57. The lowest BCUT2D eigenvalue weighted by Gasteiger charge is -2.32. The van der Waals surface area contributed by atoms with Gasteiger partial charge in [-0.1, -0.05) is 45.7 Å². The molecule has 7 heteroatoms. The molecule has 1 aliphatic heterocycles. The quantitative estimate of drug-likeness (QED) is 0.552. The third kappa shape index (κ3) is 4.95. The fraction of sp³-hybridized carbons (Fsp3) is 0.227. The first kappa shape index (κ1) is 19.9. The van der Waals surface area contributed by atoms with Crippen LogP contribution in [0.3, 0.4) is 0 Å². The predicted octanol–water partition coefficient (Wildman–Crippen LogP) is 5.41. The SMILES string of the molecule is O=C(Nc1cccc(Br)c1)C1CCCN(c2ccc(-c3ccc(Cl)cc3)nn2)C1. The fourth-order valence-electron chi connectivity index (χ4n) is 3.48. The summed E-state index contributed by atoms with van der Waals surface area (Å²) >= 11 is 9.38. The van der Waals surface area contributed by atoms with Crippen LogP contribution in [-0.4, -0.2) is 29.2 Å². The Labute approximate surface area is 183 Å². The average Bonchev–Trinajstić information content (AvgIpc) is 2.74. The molecule has 1 aliphatic rings. The lowest BCUT2D eigenvalue weighted by Crippen LogP contribution is -2.41. The van der Waals surface area contributed by atoms with Crippen molar-refractivity contribution in [2.75, 3.05) is 23.3 Å². The van der Waals surface area contributed by atoms with E-state index >= 15 is 0 Å². The van der Waals surface area contributed by atoms with Crippen LogP contribution in [0.15, 0.2) is 65.1 Å². The van der Waals surface area contributed by atoms with Gasteiger partial charge in [0.25, 0.3) is 0 Å². The van der Waals surface area contributed by atoms with Crippen molar-refractivity contribution in [2.45, 2.75) is 12.8 Å². The van der Waals surface area contributed by atoms with Gasteiger partial charge in [-0.3, -0.25) is 4.79 Å². The van der Waals surface area contributed by atoms with Gasteiger partial charge in [0.15, 0.2) is 5.82 Å². The van der Waals surface area contributed by atoms with Crippen LogP contribution in [-0.2, 0) is 4.79 Å². The molecule has 1 aromatic heterocycles. The standard InChI is InChI=1S/C22H20BrClN4O/c23-17-4-1-5-19(13-17)25-22(29)16-3-2-12-28(14-16)21-11-10-20(26-27-21)15-6-8-18(24)9-7-15/h1,4-11,13,16H,2-3,12,14H2,(H,25,29). The minimum Gasteiger partial charge on any atom is -0.354 e. The van der Waals surface area contributed by atoms with Gasteiger partial charge in [0, 0.05) is 33.8 Å². The second kappa shape index (κ2) is 8.93. The number of carbonyl (C=O) groups excluding carboxylic acids is 1. The molecule has 4 rings (SSSR count). The van der Waals surface area contributed by atoms with E-state index in [1.807, 2.05) is 60.7 Å². The number of nitrogens with zero attached hydrogens (tertiary/aromatic N) is 3. The number of hydrogen-bond acceptors (Lipinski definition) is 4. The van der Waals surface area contributed by atoms with Crippen molar-refractivity contribution in [3.63, 3.8) is 0 Å². The number of anilines is 2. The largest absolute Gasteiger partial charge is 0.354 e. The number of halogens is 2. The predicted molar refractivity (Wildman–Crippen MR) is 120 cm³/mol. The van der Waals surface area contributed by atoms with Gasteiger partial charge >= 0.3 is 0 Å². The zero-order valence-electron chi connectivity index (χ0n) is 15.7. The highest BCUT2D eigenvalue weighted by Gasteiger charge is 2.27. The highest BCUT2D eigenvalue weighted by Crippen LogP contribution is 2.25. The molecule has 1 fully saturated rings. The smallest absolute Gasteiger partial charge is 0.229 e. The maximum atomic E-state index is 12.7. The number of hydrogen-bond donors (Lipinski definition) is 1. The van der Waals surface area contributed by atoms with E-state index in [-0.39, 0.29) is 11.8 Å². The molecule has 148 valence electrons. The van der Waals surface area contributed by atoms with Gasteiger partial charge in [-0.15, -0.1) is 10.2 Å². The Morgan fingerprint density at radius 3 is 2.66 bits per heavy atom. The van der Waals surface area contributed by atoms with Gasteiger partial charge in [-0.2, -0.15) is 0 Å². The number of carbonyl (C=O) groups is 1. The van der Waals surface area contributed by atoms with Crippen molar-refractivity contribution in [3.8, 4) is 11.3 Å². The number of piperidine rings is 1. The molecule has 1 N–H and O–H groups in total. The Bertz CT molecular complexity index is 994. The first-order valence-corrected chi connectivity index (χ1v) is 10.7. The fourth-order valence-corrected chi connectivity index (χ4v) is 4.00. The molecule has 0 aliphatic carbocycles. The summed E-state index contributed by atoms with van der Waals surface area (Å²) in [5, 5.41) is 12.5. The van der Waals surface area contributed by atoms with Gasteiger partial charge in [0.05, 0.1) is 11.6 Å². The number of benzene rings is 2. The molecule has 0 spiro atoms. The van der Waals surface area contributed by atoms with Crippen molar-refractivity contribution >= 4 is 44.9 Å². The molecular weight excluding hydrogens is 452 g/mol. The van der Waals surface area contributed by atoms with Gasteiger partial charge < -0.3 is 10.2 Å². The molecule has 2 aromatic carbocycles. The Morgan fingerprint density at radius 2 is 1.93 bits per heavy atom. The third-order valence-electron chi connectivity index (χ3n) is 5.00. The van der Waals surface area contributed by atoms with Gasteiger partial charge in [0.1, 0.15) is 0 Å². The summed E-state index contributed by atoms with van der Waals surface area (Å²) in [6.45, 7) is 1.50.